The fraction of sp³-hybridized carbons (Fsp3) is 0.286. The van der Waals surface area contributed by atoms with E-state index < -0.39 is 5.97 Å². The smallest absolute Gasteiger partial charge is 0.303 e. The highest BCUT2D eigenvalue weighted by molar-refractivity contribution is 5.67. The van der Waals surface area contributed by atoms with Crippen LogP contribution in [0.1, 0.15) is 43.2 Å². The van der Waals surface area contributed by atoms with E-state index in [4.69, 9.17) is 5.11 Å². The number of carboxylic acid groups (broad SMARTS) is 1. The van der Waals surface area contributed by atoms with Crippen LogP contribution in [0, 0.1) is 0 Å². The number of hydrogen-bond donors (Lipinski definition) is 1. The summed E-state index contributed by atoms with van der Waals surface area (Å²) >= 11 is 0. The van der Waals surface area contributed by atoms with Gasteiger partial charge in [-0.15, -0.1) is 0 Å². The van der Waals surface area contributed by atoms with Gasteiger partial charge < -0.3 is 5.11 Å². The molecule has 0 aliphatic rings. The van der Waals surface area contributed by atoms with Crippen LogP contribution < -0.4 is 0 Å². The Bertz CT molecular complexity index is 615. The number of carbonyl (C=O) groups is 1. The van der Waals surface area contributed by atoms with Gasteiger partial charge in [-0.05, 0) is 48.8 Å². The van der Waals surface area contributed by atoms with Crippen molar-refractivity contribution in [3.05, 3.63) is 77.9 Å². The van der Waals surface area contributed by atoms with Gasteiger partial charge in [0.15, 0.2) is 0 Å². The topological polar surface area (TPSA) is 37.3 Å². The molecule has 0 aromatic heterocycles. The zero-order valence-electron chi connectivity index (χ0n) is 13.4. The van der Waals surface area contributed by atoms with Crippen LogP contribution in [0.25, 0.3) is 5.57 Å². The van der Waals surface area contributed by atoms with E-state index in [0.717, 1.165) is 25.7 Å². The molecule has 2 aromatic carbocycles. The number of benzene rings is 2. The van der Waals surface area contributed by atoms with Gasteiger partial charge in [0.25, 0.3) is 0 Å². The maximum absolute atomic E-state index is 10.6. The third-order valence-electron chi connectivity index (χ3n) is 3.88. The first kappa shape index (κ1) is 17.0. The number of unbranched alkanes of at least 4 members (excludes halogenated alkanes) is 1. The Morgan fingerprint density at radius 3 is 2.17 bits per heavy atom. The molecule has 0 aliphatic heterocycles. The van der Waals surface area contributed by atoms with Gasteiger partial charge in [0.05, 0.1) is 0 Å². The summed E-state index contributed by atoms with van der Waals surface area (Å²) in [5.74, 6) is -0.719. The van der Waals surface area contributed by atoms with Crippen molar-refractivity contribution in [1.82, 2.24) is 0 Å². The number of allylic oxidation sites excluding steroid dienone is 2. The van der Waals surface area contributed by atoms with Gasteiger partial charge in [-0.1, -0.05) is 66.7 Å². The van der Waals surface area contributed by atoms with Crippen LogP contribution in [0.4, 0.5) is 0 Å². The normalized spacial score (nSPS) is 11.4. The average molecular weight is 308 g/mol. The Morgan fingerprint density at radius 2 is 1.52 bits per heavy atom. The molecule has 0 aliphatic carbocycles. The summed E-state index contributed by atoms with van der Waals surface area (Å²) in [5.41, 5.74) is 3.94. The lowest BCUT2D eigenvalue weighted by atomic mass is 9.97. The van der Waals surface area contributed by atoms with Crippen molar-refractivity contribution in [2.24, 2.45) is 0 Å². The molecule has 23 heavy (non-hydrogen) atoms. The van der Waals surface area contributed by atoms with Crippen molar-refractivity contribution in [3.8, 4) is 0 Å². The molecule has 2 aromatic rings. The monoisotopic (exact) mass is 308 g/mol. The standard InChI is InChI=1S/C21H24O2/c22-21(23)17-8-7-15-20(19-13-5-2-6-14-19)16-9-12-18-10-3-1-4-11-18/h1-6,10-11,13-15H,7-9,12,16-17H2,(H,22,23). The molecule has 0 radical (unpaired) electrons. The Balaban J connectivity index is 1.93. The predicted molar refractivity (Wildman–Crippen MR) is 95.3 cm³/mol. The molecule has 120 valence electrons. The zero-order chi connectivity index (χ0) is 16.3. The van der Waals surface area contributed by atoms with Crippen LogP contribution in [0.15, 0.2) is 66.7 Å². The number of carboxylic acids is 1. The molecule has 0 unspecified atom stereocenters. The quantitative estimate of drug-likeness (QED) is 0.634. The first-order valence-electron chi connectivity index (χ1n) is 8.26. The van der Waals surface area contributed by atoms with Gasteiger partial charge in [0, 0.05) is 6.42 Å². The maximum Gasteiger partial charge on any atom is 0.303 e. The van der Waals surface area contributed by atoms with E-state index in [0.29, 0.717) is 6.42 Å². The lowest BCUT2D eigenvalue weighted by Crippen LogP contribution is -1.93. The van der Waals surface area contributed by atoms with E-state index in [2.05, 4.69) is 54.6 Å². The number of rotatable bonds is 9. The number of aliphatic carboxylic acids is 1. The second kappa shape index (κ2) is 9.62. The fourth-order valence-corrected chi connectivity index (χ4v) is 2.67. The lowest BCUT2D eigenvalue weighted by molar-refractivity contribution is -0.137. The second-order valence-electron chi connectivity index (χ2n) is 5.72. The third kappa shape index (κ3) is 6.52. The first-order valence-corrected chi connectivity index (χ1v) is 8.26. The van der Waals surface area contributed by atoms with Gasteiger partial charge in [-0.25, -0.2) is 0 Å². The minimum atomic E-state index is -0.719. The van der Waals surface area contributed by atoms with E-state index in [-0.39, 0.29) is 6.42 Å². The molecule has 0 amide bonds. The first-order chi connectivity index (χ1) is 11.3. The molecular weight excluding hydrogens is 284 g/mol. The lowest BCUT2D eigenvalue weighted by Gasteiger charge is -2.09. The van der Waals surface area contributed by atoms with Crippen molar-refractivity contribution in [2.45, 2.75) is 38.5 Å². The van der Waals surface area contributed by atoms with E-state index >= 15 is 0 Å². The second-order valence-corrected chi connectivity index (χ2v) is 5.72. The van der Waals surface area contributed by atoms with Crippen LogP contribution >= 0.6 is 0 Å². The zero-order valence-corrected chi connectivity index (χ0v) is 13.4. The maximum atomic E-state index is 10.6. The van der Waals surface area contributed by atoms with Crippen LogP contribution in [0.2, 0.25) is 0 Å². The van der Waals surface area contributed by atoms with Crippen LogP contribution in [0.5, 0.6) is 0 Å². The van der Waals surface area contributed by atoms with E-state index in [1.54, 1.807) is 0 Å². The van der Waals surface area contributed by atoms with E-state index in [9.17, 15) is 4.79 Å². The Morgan fingerprint density at radius 1 is 0.870 bits per heavy atom. The van der Waals surface area contributed by atoms with Crippen LogP contribution in [0.3, 0.4) is 0 Å². The predicted octanol–water partition coefficient (Wildman–Crippen LogP) is 5.35. The Hall–Kier alpha value is -2.35. The van der Waals surface area contributed by atoms with Gasteiger partial charge in [-0.2, -0.15) is 0 Å². The number of aryl methyl sites for hydroxylation is 1. The Kier molecular flexibility index (Phi) is 7.12. The largest absolute Gasteiger partial charge is 0.481 e. The van der Waals surface area contributed by atoms with Crippen molar-refractivity contribution < 1.29 is 9.90 Å². The molecule has 2 rings (SSSR count). The third-order valence-corrected chi connectivity index (χ3v) is 3.88. The molecule has 0 saturated heterocycles. The molecule has 0 atom stereocenters. The van der Waals surface area contributed by atoms with E-state index in [1.807, 2.05) is 12.1 Å². The van der Waals surface area contributed by atoms with Crippen LogP contribution in [-0.2, 0) is 11.2 Å². The van der Waals surface area contributed by atoms with Crippen molar-refractivity contribution in [1.29, 1.82) is 0 Å². The average Bonchev–Trinajstić information content (AvgIpc) is 2.58. The summed E-state index contributed by atoms with van der Waals surface area (Å²) in [6.45, 7) is 0. The molecule has 2 nitrogen and oxygen atoms in total. The SMILES string of the molecule is O=C(O)CCCC=C(CCCc1ccccc1)c1ccccc1. The van der Waals surface area contributed by atoms with Crippen molar-refractivity contribution >= 4 is 11.5 Å². The highest BCUT2D eigenvalue weighted by atomic mass is 16.4. The summed E-state index contributed by atoms with van der Waals surface area (Å²) in [4.78, 5) is 10.6. The molecule has 0 heterocycles. The van der Waals surface area contributed by atoms with Gasteiger partial charge >= 0.3 is 5.97 Å². The summed E-state index contributed by atoms with van der Waals surface area (Å²) in [6, 6.07) is 20.9. The molecule has 2 heteroatoms. The molecular formula is C21H24O2. The molecule has 0 fully saturated rings. The summed E-state index contributed by atoms with van der Waals surface area (Å²) in [5, 5.41) is 8.74. The van der Waals surface area contributed by atoms with E-state index in [1.165, 1.54) is 16.7 Å². The minimum Gasteiger partial charge on any atom is -0.481 e. The summed E-state index contributed by atoms with van der Waals surface area (Å²) in [6.07, 6.45) is 7.16. The van der Waals surface area contributed by atoms with Crippen molar-refractivity contribution in [2.75, 3.05) is 0 Å². The van der Waals surface area contributed by atoms with Crippen molar-refractivity contribution in [3.63, 3.8) is 0 Å². The molecule has 1 N–H and O–H groups in total. The highest BCUT2D eigenvalue weighted by Crippen LogP contribution is 2.22. The van der Waals surface area contributed by atoms with Gasteiger partial charge in [0.2, 0.25) is 0 Å². The van der Waals surface area contributed by atoms with Gasteiger partial charge in [0.1, 0.15) is 0 Å². The minimum absolute atomic E-state index is 0.239. The highest BCUT2D eigenvalue weighted by Gasteiger charge is 2.03. The summed E-state index contributed by atoms with van der Waals surface area (Å²) in [7, 11) is 0. The molecule has 0 spiro atoms. The number of hydrogen-bond acceptors (Lipinski definition) is 1. The molecule has 0 saturated carbocycles. The Labute approximate surface area is 138 Å². The fourth-order valence-electron chi connectivity index (χ4n) is 2.67. The molecule has 0 bridgehead atoms. The summed E-state index contributed by atoms with van der Waals surface area (Å²) < 4.78 is 0. The van der Waals surface area contributed by atoms with Crippen LogP contribution in [-0.4, -0.2) is 11.1 Å². The van der Waals surface area contributed by atoms with Gasteiger partial charge in [-0.3, -0.25) is 4.79 Å².